The largest absolute Gasteiger partial charge is 0.396 e. The van der Waals surface area contributed by atoms with Crippen molar-refractivity contribution < 1.29 is 4.79 Å². The summed E-state index contributed by atoms with van der Waals surface area (Å²) in [6.45, 7) is 6.33. The molecule has 0 fully saturated rings. The standard InChI is InChI=1S/C19H27N5O/c1-14(2)18-22-12-16(20)17(23-18)19(25)21-10-7-11-24(3)13-15-8-5-4-6-9-15/h4-6,8-9,12,14H,7,10-11,13,20H2,1-3H3,(H,21,25). The molecule has 6 nitrogen and oxygen atoms in total. The van der Waals surface area contributed by atoms with Gasteiger partial charge in [-0.2, -0.15) is 0 Å². The van der Waals surface area contributed by atoms with E-state index in [1.54, 1.807) is 0 Å². The van der Waals surface area contributed by atoms with E-state index in [2.05, 4.69) is 39.4 Å². The maximum absolute atomic E-state index is 12.3. The smallest absolute Gasteiger partial charge is 0.272 e. The van der Waals surface area contributed by atoms with Crippen LogP contribution in [0.5, 0.6) is 0 Å². The van der Waals surface area contributed by atoms with Crippen LogP contribution >= 0.6 is 0 Å². The molecular weight excluding hydrogens is 314 g/mol. The Bertz CT molecular complexity index is 687. The van der Waals surface area contributed by atoms with Gasteiger partial charge in [0.05, 0.1) is 11.9 Å². The monoisotopic (exact) mass is 341 g/mol. The van der Waals surface area contributed by atoms with E-state index >= 15 is 0 Å². The lowest BCUT2D eigenvalue weighted by molar-refractivity contribution is 0.0947. The van der Waals surface area contributed by atoms with Crippen molar-refractivity contribution in [1.82, 2.24) is 20.2 Å². The van der Waals surface area contributed by atoms with Crippen LogP contribution in [-0.4, -0.2) is 40.9 Å². The number of nitrogens with two attached hydrogens (primary N) is 1. The number of anilines is 1. The molecule has 0 atom stereocenters. The van der Waals surface area contributed by atoms with Crippen molar-refractivity contribution in [1.29, 1.82) is 0 Å². The molecular formula is C19H27N5O. The Kier molecular flexibility index (Phi) is 6.89. The summed E-state index contributed by atoms with van der Waals surface area (Å²) in [5.74, 6) is 0.535. The third kappa shape index (κ3) is 5.83. The number of rotatable bonds is 8. The van der Waals surface area contributed by atoms with E-state index < -0.39 is 0 Å². The molecule has 1 amide bonds. The van der Waals surface area contributed by atoms with Crippen molar-refractivity contribution in [2.24, 2.45) is 0 Å². The average molecular weight is 341 g/mol. The van der Waals surface area contributed by atoms with Gasteiger partial charge in [0.2, 0.25) is 0 Å². The number of aromatic nitrogens is 2. The van der Waals surface area contributed by atoms with Gasteiger partial charge < -0.3 is 16.0 Å². The molecule has 6 heteroatoms. The number of carbonyl (C=O) groups excluding carboxylic acids is 1. The van der Waals surface area contributed by atoms with Gasteiger partial charge in [0.25, 0.3) is 5.91 Å². The molecule has 2 rings (SSSR count). The highest BCUT2D eigenvalue weighted by molar-refractivity contribution is 5.96. The Morgan fingerprint density at radius 3 is 2.68 bits per heavy atom. The summed E-state index contributed by atoms with van der Waals surface area (Å²) in [7, 11) is 2.08. The number of nitrogens with one attached hydrogen (secondary N) is 1. The Morgan fingerprint density at radius 1 is 1.28 bits per heavy atom. The molecule has 0 aliphatic carbocycles. The van der Waals surface area contributed by atoms with Crippen molar-refractivity contribution in [3.8, 4) is 0 Å². The summed E-state index contributed by atoms with van der Waals surface area (Å²) in [6, 6.07) is 10.3. The number of amides is 1. The minimum absolute atomic E-state index is 0.152. The second-order valence-electron chi connectivity index (χ2n) is 6.52. The summed E-state index contributed by atoms with van der Waals surface area (Å²) >= 11 is 0. The van der Waals surface area contributed by atoms with E-state index in [1.807, 2.05) is 32.0 Å². The number of hydrogen-bond donors (Lipinski definition) is 2. The van der Waals surface area contributed by atoms with Crippen LogP contribution in [0.15, 0.2) is 36.5 Å². The van der Waals surface area contributed by atoms with Crippen LogP contribution < -0.4 is 11.1 Å². The molecule has 0 spiro atoms. The maximum atomic E-state index is 12.3. The molecule has 1 aromatic heterocycles. The third-order valence-electron chi connectivity index (χ3n) is 3.86. The number of benzene rings is 1. The molecule has 2 aromatic rings. The van der Waals surface area contributed by atoms with Crippen LogP contribution in [0.3, 0.4) is 0 Å². The van der Waals surface area contributed by atoms with E-state index in [4.69, 9.17) is 5.73 Å². The maximum Gasteiger partial charge on any atom is 0.272 e. The van der Waals surface area contributed by atoms with Crippen LogP contribution in [0.25, 0.3) is 0 Å². The minimum atomic E-state index is -0.243. The molecule has 0 bridgehead atoms. The fourth-order valence-electron chi connectivity index (χ4n) is 2.47. The van der Waals surface area contributed by atoms with Gasteiger partial charge in [-0.3, -0.25) is 4.79 Å². The van der Waals surface area contributed by atoms with Gasteiger partial charge in [-0.05, 0) is 25.6 Å². The first-order chi connectivity index (χ1) is 12.0. The highest BCUT2D eigenvalue weighted by Crippen LogP contribution is 2.13. The van der Waals surface area contributed by atoms with Crippen molar-refractivity contribution >= 4 is 11.6 Å². The van der Waals surface area contributed by atoms with Gasteiger partial charge >= 0.3 is 0 Å². The molecule has 0 saturated carbocycles. The van der Waals surface area contributed by atoms with Gasteiger partial charge in [0.15, 0.2) is 5.69 Å². The van der Waals surface area contributed by atoms with Crippen molar-refractivity contribution in [2.45, 2.75) is 32.7 Å². The van der Waals surface area contributed by atoms with Crippen LogP contribution in [0, 0.1) is 0 Å². The number of hydrogen-bond acceptors (Lipinski definition) is 5. The van der Waals surface area contributed by atoms with E-state index in [0.717, 1.165) is 19.5 Å². The van der Waals surface area contributed by atoms with Crippen LogP contribution in [-0.2, 0) is 6.54 Å². The van der Waals surface area contributed by atoms with E-state index in [-0.39, 0.29) is 17.5 Å². The normalized spacial score (nSPS) is 11.1. The third-order valence-corrected chi connectivity index (χ3v) is 3.86. The topological polar surface area (TPSA) is 84.1 Å². The van der Waals surface area contributed by atoms with Crippen LogP contribution in [0.2, 0.25) is 0 Å². The predicted molar refractivity (Wildman–Crippen MR) is 100 cm³/mol. The van der Waals surface area contributed by atoms with E-state index in [0.29, 0.717) is 18.1 Å². The highest BCUT2D eigenvalue weighted by atomic mass is 16.1. The zero-order valence-electron chi connectivity index (χ0n) is 15.2. The Balaban J connectivity index is 1.78. The van der Waals surface area contributed by atoms with E-state index in [1.165, 1.54) is 11.8 Å². The summed E-state index contributed by atoms with van der Waals surface area (Å²) in [5.41, 5.74) is 7.69. The number of carbonyl (C=O) groups is 1. The first-order valence-corrected chi connectivity index (χ1v) is 8.60. The molecule has 0 unspecified atom stereocenters. The van der Waals surface area contributed by atoms with Gasteiger partial charge in [-0.25, -0.2) is 9.97 Å². The lowest BCUT2D eigenvalue weighted by Gasteiger charge is -2.16. The fourth-order valence-corrected chi connectivity index (χ4v) is 2.47. The predicted octanol–water partition coefficient (Wildman–Crippen LogP) is 2.43. The molecule has 0 aliphatic heterocycles. The fraction of sp³-hybridized carbons (Fsp3) is 0.421. The average Bonchev–Trinajstić information content (AvgIpc) is 2.59. The molecule has 134 valence electrons. The summed E-state index contributed by atoms with van der Waals surface area (Å²) < 4.78 is 0. The van der Waals surface area contributed by atoms with Crippen LogP contribution in [0.1, 0.15) is 48.1 Å². The second kappa shape index (κ2) is 9.13. The zero-order valence-corrected chi connectivity index (χ0v) is 15.2. The molecule has 0 saturated heterocycles. The first-order valence-electron chi connectivity index (χ1n) is 8.60. The Labute approximate surface area is 149 Å². The Morgan fingerprint density at radius 2 is 2.00 bits per heavy atom. The van der Waals surface area contributed by atoms with Gasteiger partial charge in [0, 0.05) is 19.0 Å². The minimum Gasteiger partial charge on any atom is -0.396 e. The van der Waals surface area contributed by atoms with Crippen molar-refractivity contribution in [3.63, 3.8) is 0 Å². The molecule has 25 heavy (non-hydrogen) atoms. The van der Waals surface area contributed by atoms with Gasteiger partial charge in [-0.1, -0.05) is 44.2 Å². The summed E-state index contributed by atoms with van der Waals surface area (Å²) in [5, 5.41) is 2.89. The molecule has 1 heterocycles. The Hall–Kier alpha value is -2.47. The first kappa shape index (κ1) is 18.9. The van der Waals surface area contributed by atoms with Crippen molar-refractivity contribution in [2.75, 3.05) is 25.9 Å². The van der Waals surface area contributed by atoms with E-state index in [9.17, 15) is 4.79 Å². The summed E-state index contributed by atoms with van der Waals surface area (Å²) in [6.07, 6.45) is 2.36. The molecule has 0 radical (unpaired) electrons. The quantitative estimate of drug-likeness (QED) is 0.721. The molecule has 1 aromatic carbocycles. The van der Waals surface area contributed by atoms with Crippen molar-refractivity contribution in [3.05, 3.63) is 53.6 Å². The second-order valence-corrected chi connectivity index (χ2v) is 6.52. The lowest BCUT2D eigenvalue weighted by Crippen LogP contribution is -2.29. The lowest BCUT2D eigenvalue weighted by atomic mass is 10.2. The molecule has 0 aliphatic rings. The highest BCUT2D eigenvalue weighted by Gasteiger charge is 2.14. The number of nitrogens with zero attached hydrogens (tertiary/aromatic N) is 3. The summed E-state index contributed by atoms with van der Waals surface area (Å²) in [4.78, 5) is 23.0. The van der Waals surface area contributed by atoms with Crippen LogP contribution in [0.4, 0.5) is 5.69 Å². The zero-order chi connectivity index (χ0) is 18.2. The SMILES string of the molecule is CC(C)c1ncc(N)c(C(=O)NCCCN(C)Cc2ccccc2)n1. The van der Waals surface area contributed by atoms with Gasteiger partial charge in [-0.15, -0.1) is 0 Å². The molecule has 3 N–H and O–H groups in total. The number of nitrogen functional groups attached to an aromatic ring is 1. The van der Waals surface area contributed by atoms with Gasteiger partial charge in [0.1, 0.15) is 5.82 Å².